The molecule has 0 saturated carbocycles. The molecule has 1 unspecified atom stereocenters. The number of aliphatic imine (C=N–C) groups is 1. The second-order valence-electron chi connectivity index (χ2n) is 14.0. The van der Waals surface area contributed by atoms with E-state index in [1.54, 1.807) is 0 Å². The van der Waals surface area contributed by atoms with Crippen LogP contribution in [0.25, 0.3) is 71.6 Å². The number of anilines is 1. The van der Waals surface area contributed by atoms with E-state index in [1.807, 2.05) is 0 Å². The van der Waals surface area contributed by atoms with E-state index in [2.05, 4.69) is 209 Å². The molecule has 10 aromatic rings. The van der Waals surface area contributed by atoms with Crippen LogP contribution in [0, 0.1) is 0 Å². The zero-order chi connectivity index (χ0) is 35.6. The van der Waals surface area contributed by atoms with Gasteiger partial charge >= 0.3 is 0 Å². The molecule has 4 nitrogen and oxygen atoms in total. The van der Waals surface area contributed by atoms with Crippen LogP contribution in [0.5, 0.6) is 0 Å². The Kier molecular flexibility index (Phi) is 6.89. The van der Waals surface area contributed by atoms with E-state index < -0.39 is 0 Å². The van der Waals surface area contributed by atoms with Crippen molar-refractivity contribution in [3.05, 3.63) is 205 Å². The van der Waals surface area contributed by atoms with Crippen LogP contribution in [0.15, 0.2) is 199 Å². The van der Waals surface area contributed by atoms with Crippen molar-refractivity contribution in [3.63, 3.8) is 0 Å². The predicted octanol–water partition coefficient (Wildman–Crippen LogP) is 12.6. The van der Waals surface area contributed by atoms with E-state index in [0.29, 0.717) is 0 Å². The maximum absolute atomic E-state index is 5.40. The first kappa shape index (κ1) is 30.5. The number of hydrogen-bond acceptors (Lipinski definition) is 2. The van der Waals surface area contributed by atoms with Crippen LogP contribution < -0.4 is 5.32 Å². The molecule has 0 fully saturated rings. The van der Waals surface area contributed by atoms with Crippen molar-refractivity contribution in [1.29, 1.82) is 0 Å². The van der Waals surface area contributed by atoms with E-state index in [-0.39, 0.29) is 6.29 Å². The van der Waals surface area contributed by atoms with Gasteiger partial charge in [-0.05, 0) is 76.9 Å². The third kappa shape index (κ3) is 4.81. The Morgan fingerprint density at radius 1 is 0.389 bits per heavy atom. The van der Waals surface area contributed by atoms with Gasteiger partial charge in [-0.1, -0.05) is 140 Å². The van der Waals surface area contributed by atoms with Crippen molar-refractivity contribution >= 4 is 55.0 Å². The van der Waals surface area contributed by atoms with Gasteiger partial charge in [0.1, 0.15) is 0 Å². The summed E-state index contributed by atoms with van der Waals surface area (Å²) in [5, 5.41) is 8.67. The minimum absolute atomic E-state index is 0.314. The second kappa shape index (κ2) is 12.2. The number of benzene rings is 8. The second-order valence-corrected chi connectivity index (χ2v) is 14.0. The SMILES string of the molecule is c1ccc(C2=NC(n3c4ccccc4c4cc(-c5ccc6c(c5)c5ccccc5n6-c5cccc(-c6ccccc6)c5)ccc43)Nc3ccccc32)cc1. The summed E-state index contributed by atoms with van der Waals surface area (Å²) in [5.41, 5.74) is 14.9. The fraction of sp³-hybridized carbons (Fsp3) is 0.0200. The Labute approximate surface area is 312 Å². The Balaban J connectivity index is 1.05. The average molecular weight is 691 g/mol. The summed E-state index contributed by atoms with van der Waals surface area (Å²) < 4.78 is 4.75. The fourth-order valence-corrected chi connectivity index (χ4v) is 8.46. The molecule has 1 aliphatic rings. The molecular formula is C50H34N4. The normalized spacial score (nSPS) is 14.0. The third-order valence-corrected chi connectivity index (χ3v) is 10.9. The molecule has 254 valence electrons. The molecule has 2 aromatic heterocycles. The number of nitrogens with one attached hydrogen (secondary N) is 1. The number of aromatic nitrogens is 2. The highest BCUT2D eigenvalue weighted by atomic mass is 15.3. The van der Waals surface area contributed by atoms with Gasteiger partial charge < -0.3 is 14.5 Å². The highest BCUT2D eigenvalue weighted by Gasteiger charge is 2.25. The monoisotopic (exact) mass is 690 g/mol. The van der Waals surface area contributed by atoms with Gasteiger partial charge in [0.2, 0.25) is 6.29 Å². The highest BCUT2D eigenvalue weighted by molar-refractivity contribution is 6.17. The molecule has 1 atom stereocenters. The van der Waals surface area contributed by atoms with Gasteiger partial charge in [0.15, 0.2) is 0 Å². The lowest BCUT2D eigenvalue weighted by molar-refractivity contribution is 0.624. The van der Waals surface area contributed by atoms with E-state index in [4.69, 9.17) is 4.99 Å². The summed E-state index contributed by atoms with van der Waals surface area (Å²) in [5.74, 6) is 0. The summed E-state index contributed by atoms with van der Waals surface area (Å²) in [6, 6.07) is 69.7. The van der Waals surface area contributed by atoms with Gasteiger partial charge in [-0.25, -0.2) is 4.99 Å². The van der Waals surface area contributed by atoms with Crippen LogP contribution >= 0.6 is 0 Å². The van der Waals surface area contributed by atoms with Crippen molar-refractivity contribution in [1.82, 2.24) is 9.13 Å². The molecule has 54 heavy (non-hydrogen) atoms. The van der Waals surface area contributed by atoms with Crippen LogP contribution in [-0.2, 0) is 0 Å². The number of hydrogen-bond donors (Lipinski definition) is 1. The summed E-state index contributed by atoms with van der Waals surface area (Å²) in [6.45, 7) is 0. The molecule has 0 saturated heterocycles. The predicted molar refractivity (Wildman–Crippen MR) is 226 cm³/mol. The summed E-state index contributed by atoms with van der Waals surface area (Å²) in [7, 11) is 0. The van der Waals surface area contributed by atoms with Crippen LogP contribution in [0.1, 0.15) is 17.4 Å². The Morgan fingerprint density at radius 3 is 1.70 bits per heavy atom. The number of fused-ring (bicyclic) bond motifs is 7. The van der Waals surface area contributed by atoms with Gasteiger partial charge in [-0.2, -0.15) is 0 Å². The molecule has 11 rings (SSSR count). The third-order valence-electron chi connectivity index (χ3n) is 10.9. The first-order valence-electron chi connectivity index (χ1n) is 18.5. The molecule has 8 aromatic carbocycles. The topological polar surface area (TPSA) is 34.2 Å². The highest BCUT2D eigenvalue weighted by Crippen LogP contribution is 2.40. The van der Waals surface area contributed by atoms with Gasteiger partial charge in [-0.15, -0.1) is 0 Å². The lowest BCUT2D eigenvalue weighted by Gasteiger charge is -2.28. The number of nitrogens with zero attached hydrogens (tertiary/aromatic N) is 3. The van der Waals surface area contributed by atoms with Crippen molar-refractivity contribution in [2.45, 2.75) is 6.29 Å². The largest absolute Gasteiger partial charge is 0.346 e. The van der Waals surface area contributed by atoms with Crippen LogP contribution in [0.3, 0.4) is 0 Å². The summed E-state index contributed by atoms with van der Waals surface area (Å²) >= 11 is 0. The van der Waals surface area contributed by atoms with Gasteiger partial charge in [-0.3, -0.25) is 0 Å². The number of rotatable bonds is 5. The molecule has 3 heterocycles. The molecule has 4 heteroatoms. The minimum Gasteiger partial charge on any atom is -0.346 e. The molecule has 0 amide bonds. The van der Waals surface area contributed by atoms with Crippen molar-refractivity contribution in [2.24, 2.45) is 4.99 Å². The first-order chi connectivity index (χ1) is 26.8. The molecule has 0 radical (unpaired) electrons. The quantitative estimate of drug-likeness (QED) is 0.192. The Hall–Kier alpha value is -7.17. The van der Waals surface area contributed by atoms with E-state index >= 15 is 0 Å². The van der Waals surface area contributed by atoms with Crippen molar-refractivity contribution in [2.75, 3.05) is 5.32 Å². The fourth-order valence-electron chi connectivity index (χ4n) is 8.46. The van der Waals surface area contributed by atoms with Crippen LogP contribution in [0.2, 0.25) is 0 Å². The van der Waals surface area contributed by atoms with E-state index in [9.17, 15) is 0 Å². The lowest BCUT2D eigenvalue weighted by Crippen LogP contribution is -2.24. The zero-order valence-corrected chi connectivity index (χ0v) is 29.4. The standard InChI is InChI=1S/C50H34N4/c1-3-14-33(15-4-1)35-18-13-19-38(30-35)53-45-24-11-8-20-39(45)42-31-36(26-28-47(42)53)37-27-29-48-43(32-37)40-21-9-12-25-46(40)54(48)50-51-44-23-10-7-22-41(44)49(52-50)34-16-5-2-6-17-34/h1-32,50-51H. The Morgan fingerprint density at radius 2 is 0.926 bits per heavy atom. The van der Waals surface area contributed by atoms with Gasteiger partial charge in [0, 0.05) is 44.0 Å². The molecular weight excluding hydrogens is 657 g/mol. The Bertz CT molecular complexity index is 3080. The average Bonchev–Trinajstić information content (AvgIpc) is 3.76. The minimum atomic E-state index is -0.314. The zero-order valence-electron chi connectivity index (χ0n) is 29.4. The van der Waals surface area contributed by atoms with Gasteiger partial charge in [0.25, 0.3) is 0 Å². The lowest BCUT2D eigenvalue weighted by atomic mass is 9.99. The van der Waals surface area contributed by atoms with E-state index in [1.165, 1.54) is 54.8 Å². The summed E-state index contributed by atoms with van der Waals surface area (Å²) in [4.78, 5) is 5.40. The summed E-state index contributed by atoms with van der Waals surface area (Å²) in [6.07, 6.45) is -0.314. The van der Waals surface area contributed by atoms with Crippen LogP contribution in [-0.4, -0.2) is 14.8 Å². The molecule has 1 N–H and O–H groups in total. The molecule has 0 bridgehead atoms. The molecule has 0 spiro atoms. The molecule has 0 aliphatic carbocycles. The first-order valence-corrected chi connectivity index (χ1v) is 18.5. The maximum atomic E-state index is 5.40. The smallest absolute Gasteiger partial charge is 0.201 e. The van der Waals surface area contributed by atoms with Crippen molar-refractivity contribution in [3.8, 4) is 27.9 Å². The van der Waals surface area contributed by atoms with Crippen LogP contribution in [0.4, 0.5) is 5.69 Å². The number of para-hydroxylation sites is 3. The van der Waals surface area contributed by atoms with E-state index in [0.717, 1.165) is 39.2 Å². The molecule has 1 aliphatic heterocycles. The maximum Gasteiger partial charge on any atom is 0.201 e. The van der Waals surface area contributed by atoms with Gasteiger partial charge in [0.05, 0.1) is 27.8 Å². The van der Waals surface area contributed by atoms with Crippen molar-refractivity contribution < 1.29 is 0 Å².